The normalized spacial score (nSPS) is 18.3. The number of hydrogen-bond acceptors (Lipinski definition) is 3. The third kappa shape index (κ3) is 3.98. The first-order valence-electron chi connectivity index (χ1n) is 9.35. The van der Waals surface area contributed by atoms with E-state index in [1.165, 1.54) is 12.1 Å². The smallest absolute Gasteiger partial charge is 0.255 e. The summed E-state index contributed by atoms with van der Waals surface area (Å²) in [4.78, 5) is 29.2. The summed E-state index contributed by atoms with van der Waals surface area (Å²) < 4.78 is 13.5. The van der Waals surface area contributed by atoms with Crippen molar-refractivity contribution in [3.8, 4) is 0 Å². The molecule has 2 fully saturated rings. The SMILES string of the molecule is O=C(c1cccc(F)c1)N1CCC2(CC1)SCCN2C(=O)c1ccc(Cl)c(Cl)c1. The number of likely N-dealkylation sites (tertiary alicyclic amines) is 1. The third-order valence-electron chi connectivity index (χ3n) is 5.49. The van der Waals surface area contributed by atoms with Crippen LogP contribution in [0.3, 0.4) is 0 Å². The zero-order valence-electron chi connectivity index (χ0n) is 15.5. The number of piperidine rings is 1. The van der Waals surface area contributed by atoms with Crippen LogP contribution in [0.15, 0.2) is 42.5 Å². The molecular formula is C21H19Cl2FN2O2S. The molecule has 0 saturated carbocycles. The number of thioether (sulfide) groups is 1. The first-order chi connectivity index (χ1) is 13.9. The maximum atomic E-state index is 13.5. The minimum atomic E-state index is -0.422. The van der Waals surface area contributed by atoms with Crippen molar-refractivity contribution in [2.24, 2.45) is 0 Å². The molecule has 29 heavy (non-hydrogen) atoms. The van der Waals surface area contributed by atoms with Gasteiger partial charge in [0.2, 0.25) is 0 Å². The number of hydrogen-bond donors (Lipinski definition) is 0. The zero-order chi connectivity index (χ0) is 20.6. The molecule has 0 aromatic heterocycles. The van der Waals surface area contributed by atoms with Crippen LogP contribution in [0.2, 0.25) is 10.0 Å². The summed E-state index contributed by atoms with van der Waals surface area (Å²) in [6.07, 6.45) is 1.34. The second kappa shape index (κ2) is 8.17. The maximum absolute atomic E-state index is 13.5. The topological polar surface area (TPSA) is 40.6 Å². The van der Waals surface area contributed by atoms with Crippen molar-refractivity contribution in [3.63, 3.8) is 0 Å². The Balaban J connectivity index is 1.48. The van der Waals surface area contributed by atoms with Crippen molar-refractivity contribution >= 4 is 46.8 Å². The van der Waals surface area contributed by atoms with E-state index in [1.807, 2.05) is 4.90 Å². The number of benzene rings is 2. The first-order valence-corrected chi connectivity index (χ1v) is 11.1. The molecule has 2 aliphatic rings. The molecule has 2 aromatic carbocycles. The van der Waals surface area contributed by atoms with E-state index in [-0.39, 0.29) is 16.7 Å². The van der Waals surface area contributed by atoms with Crippen LogP contribution in [-0.4, -0.2) is 51.9 Å². The lowest BCUT2D eigenvalue weighted by Gasteiger charge is -2.44. The lowest BCUT2D eigenvalue weighted by molar-refractivity contribution is 0.0497. The largest absolute Gasteiger partial charge is 0.338 e. The van der Waals surface area contributed by atoms with Crippen LogP contribution in [0.5, 0.6) is 0 Å². The number of carbonyl (C=O) groups is 2. The van der Waals surface area contributed by atoms with Gasteiger partial charge in [-0.15, -0.1) is 11.8 Å². The van der Waals surface area contributed by atoms with Crippen LogP contribution >= 0.6 is 35.0 Å². The van der Waals surface area contributed by atoms with Crippen LogP contribution in [0.25, 0.3) is 0 Å². The van der Waals surface area contributed by atoms with Gasteiger partial charge in [-0.3, -0.25) is 9.59 Å². The second-order valence-corrected chi connectivity index (χ2v) is 9.45. The van der Waals surface area contributed by atoms with Crippen LogP contribution in [-0.2, 0) is 0 Å². The predicted molar refractivity (Wildman–Crippen MR) is 114 cm³/mol. The molecule has 2 amide bonds. The van der Waals surface area contributed by atoms with Crippen LogP contribution in [0.1, 0.15) is 33.6 Å². The predicted octanol–water partition coefficient (Wildman–Crippen LogP) is 4.95. The van der Waals surface area contributed by atoms with Gasteiger partial charge in [-0.25, -0.2) is 4.39 Å². The maximum Gasteiger partial charge on any atom is 0.255 e. The Hall–Kier alpha value is -1.76. The highest BCUT2D eigenvalue weighted by Gasteiger charge is 2.47. The molecule has 2 aromatic rings. The van der Waals surface area contributed by atoms with E-state index in [2.05, 4.69) is 0 Å². The number of carbonyl (C=O) groups excluding carboxylic acids is 2. The standard InChI is InChI=1S/C21H19Cl2FN2O2S/c22-17-5-4-15(13-18(17)23)20(28)26-10-11-29-21(26)6-8-25(9-7-21)19(27)14-2-1-3-16(24)12-14/h1-5,12-13H,6-11H2. The summed E-state index contributed by atoms with van der Waals surface area (Å²) in [5, 5.41) is 0.770. The molecule has 4 nitrogen and oxygen atoms in total. The Morgan fingerprint density at radius 3 is 2.34 bits per heavy atom. The summed E-state index contributed by atoms with van der Waals surface area (Å²) in [6.45, 7) is 1.70. The number of nitrogens with zero attached hydrogens (tertiary/aromatic N) is 2. The molecule has 152 valence electrons. The molecule has 0 unspecified atom stereocenters. The van der Waals surface area contributed by atoms with E-state index in [0.717, 1.165) is 5.75 Å². The quantitative estimate of drug-likeness (QED) is 0.646. The minimum absolute atomic E-state index is 0.0709. The van der Waals surface area contributed by atoms with E-state index >= 15 is 0 Å². The highest BCUT2D eigenvalue weighted by molar-refractivity contribution is 8.00. The Morgan fingerprint density at radius 2 is 1.66 bits per heavy atom. The summed E-state index contributed by atoms with van der Waals surface area (Å²) >= 11 is 13.8. The van der Waals surface area contributed by atoms with Gasteiger partial charge in [0.15, 0.2) is 0 Å². The van der Waals surface area contributed by atoms with Gasteiger partial charge >= 0.3 is 0 Å². The Kier molecular flexibility index (Phi) is 5.78. The number of rotatable bonds is 2. The van der Waals surface area contributed by atoms with Gasteiger partial charge in [-0.2, -0.15) is 0 Å². The molecule has 4 rings (SSSR count). The Labute approximate surface area is 182 Å². The lowest BCUT2D eigenvalue weighted by Crippen LogP contribution is -2.53. The van der Waals surface area contributed by atoms with Crippen molar-refractivity contribution in [1.29, 1.82) is 0 Å². The fraction of sp³-hybridized carbons (Fsp3) is 0.333. The Bertz CT molecular complexity index is 963. The molecule has 0 atom stereocenters. The zero-order valence-corrected chi connectivity index (χ0v) is 17.9. The molecule has 0 radical (unpaired) electrons. The van der Waals surface area contributed by atoms with E-state index in [9.17, 15) is 14.0 Å². The van der Waals surface area contributed by atoms with Crippen LogP contribution < -0.4 is 0 Å². The van der Waals surface area contributed by atoms with E-state index in [1.54, 1.807) is 47.0 Å². The van der Waals surface area contributed by atoms with Gasteiger partial charge in [-0.1, -0.05) is 29.3 Å². The van der Waals surface area contributed by atoms with Crippen LogP contribution in [0, 0.1) is 5.82 Å². The molecule has 2 saturated heterocycles. The van der Waals surface area contributed by atoms with Crippen molar-refractivity contribution in [3.05, 3.63) is 69.5 Å². The summed E-state index contributed by atoms with van der Waals surface area (Å²) in [7, 11) is 0. The molecule has 2 heterocycles. The molecule has 0 N–H and O–H groups in total. The van der Waals surface area contributed by atoms with Gasteiger partial charge in [-0.05, 0) is 49.2 Å². The van der Waals surface area contributed by atoms with Crippen LogP contribution in [0.4, 0.5) is 4.39 Å². The average molecular weight is 453 g/mol. The Morgan fingerprint density at radius 1 is 0.931 bits per heavy atom. The van der Waals surface area contributed by atoms with Crippen molar-refractivity contribution in [2.45, 2.75) is 17.7 Å². The molecule has 2 aliphatic heterocycles. The summed E-state index contributed by atoms with van der Waals surface area (Å²) in [5.41, 5.74) is 0.864. The third-order valence-corrected chi connectivity index (χ3v) is 7.78. The number of halogens is 3. The van der Waals surface area contributed by atoms with E-state index in [0.29, 0.717) is 53.6 Å². The summed E-state index contributed by atoms with van der Waals surface area (Å²) in [6, 6.07) is 10.7. The van der Waals surface area contributed by atoms with Gasteiger partial charge in [0.25, 0.3) is 11.8 Å². The van der Waals surface area contributed by atoms with Gasteiger partial charge in [0, 0.05) is 36.5 Å². The average Bonchev–Trinajstić information content (AvgIpc) is 3.12. The van der Waals surface area contributed by atoms with Gasteiger partial charge in [0.05, 0.1) is 14.9 Å². The van der Waals surface area contributed by atoms with Gasteiger partial charge in [0.1, 0.15) is 5.82 Å². The first kappa shape index (κ1) is 20.5. The van der Waals surface area contributed by atoms with Crippen molar-refractivity contribution < 1.29 is 14.0 Å². The fourth-order valence-electron chi connectivity index (χ4n) is 3.96. The molecule has 1 spiro atoms. The van der Waals surface area contributed by atoms with E-state index < -0.39 is 5.82 Å². The molecular weight excluding hydrogens is 434 g/mol. The summed E-state index contributed by atoms with van der Waals surface area (Å²) in [5.74, 6) is 0.183. The molecule has 8 heteroatoms. The van der Waals surface area contributed by atoms with Crippen molar-refractivity contribution in [1.82, 2.24) is 9.80 Å². The second-order valence-electron chi connectivity index (χ2n) is 7.18. The fourth-order valence-corrected chi connectivity index (χ4v) is 5.71. The lowest BCUT2D eigenvalue weighted by atomic mass is 10.00. The highest BCUT2D eigenvalue weighted by atomic mass is 35.5. The van der Waals surface area contributed by atoms with Crippen molar-refractivity contribution in [2.75, 3.05) is 25.4 Å². The highest BCUT2D eigenvalue weighted by Crippen LogP contribution is 2.45. The van der Waals surface area contributed by atoms with E-state index in [4.69, 9.17) is 23.2 Å². The molecule has 0 aliphatic carbocycles. The minimum Gasteiger partial charge on any atom is -0.338 e. The van der Waals surface area contributed by atoms with Gasteiger partial charge < -0.3 is 9.80 Å². The monoisotopic (exact) mass is 452 g/mol. The number of amides is 2. The molecule has 0 bridgehead atoms.